The van der Waals surface area contributed by atoms with Crippen molar-refractivity contribution in [1.29, 1.82) is 0 Å². The van der Waals surface area contributed by atoms with Crippen LogP contribution in [-0.4, -0.2) is 25.3 Å². The van der Waals surface area contributed by atoms with Crippen LogP contribution in [0.3, 0.4) is 0 Å². The van der Waals surface area contributed by atoms with Gasteiger partial charge >= 0.3 is 0 Å². The number of rotatable bonds is 8. The molecule has 15 heavy (non-hydrogen) atoms. The second-order valence-electron chi connectivity index (χ2n) is 4.45. The Labute approximate surface area is 94.1 Å². The molecule has 0 heterocycles. The Hall–Kier alpha value is -0.340. The smallest absolute Gasteiger partial charge is 0.0831 e. The van der Waals surface area contributed by atoms with Crippen LogP contribution in [0.4, 0.5) is 0 Å². The molecule has 1 N–H and O–H groups in total. The van der Waals surface area contributed by atoms with E-state index in [4.69, 9.17) is 4.74 Å². The van der Waals surface area contributed by atoms with E-state index in [2.05, 4.69) is 18.8 Å². The second-order valence-corrected chi connectivity index (χ2v) is 4.45. The molecule has 0 aromatic heterocycles. The van der Waals surface area contributed by atoms with Gasteiger partial charge < -0.3 is 10.1 Å². The maximum Gasteiger partial charge on any atom is 0.0831 e. The maximum atomic E-state index is 5.73. The minimum absolute atomic E-state index is 0.136. The van der Waals surface area contributed by atoms with Crippen LogP contribution in [0.25, 0.3) is 0 Å². The molecule has 1 unspecified atom stereocenters. The molecular formula is C13H25NO. The van der Waals surface area contributed by atoms with Crippen LogP contribution < -0.4 is 5.32 Å². The quantitative estimate of drug-likeness (QED) is 0.492. The zero-order chi connectivity index (χ0) is 11.1. The van der Waals surface area contributed by atoms with Crippen LogP contribution in [0, 0.1) is 0 Å². The summed E-state index contributed by atoms with van der Waals surface area (Å²) in [4.78, 5) is 0. The number of allylic oxidation sites excluding steroid dienone is 1. The molecule has 0 spiro atoms. The van der Waals surface area contributed by atoms with Crippen molar-refractivity contribution in [3.8, 4) is 0 Å². The van der Waals surface area contributed by atoms with Gasteiger partial charge in [-0.3, -0.25) is 0 Å². The molecule has 2 heteroatoms. The van der Waals surface area contributed by atoms with Crippen LogP contribution in [0.5, 0.6) is 0 Å². The van der Waals surface area contributed by atoms with Crippen molar-refractivity contribution >= 4 is 0 Å². The van der Waals surface area contributed by atoms with E-state index < -0.39 is 0 Å². The zero-order valence-corrected chi connectivity index (χ0v) is 10.2. The molecule has 0 aromatic rings. The third kappa shape index (κ3) is 3.05. The summed E-state index contributed by atoms with van der Waals surface area (Å²) in [5.74, 6) is 0. The molecule has 2 nitrogen and oxygen atoms in total. The van der Waals surface area contributed by atoms with Crippen LogP contribution in [-0.2, 0) is 4.74 Å². The van der Waals surface area contributed by atoms with Crippen molar-refractivity contribution in [2.24, 2.45) is 0 Å². The Kier molecular flexibility index (Phi) is 5.34. The minimum atomic E-state index is 0.136. The van der Waals surface area contributed by atoms with E-state index in [9.17, 15) is 0 Å². The molecule has 1 atom stereocenters. The summed E-state index contributed by atoms with van der Waals surface area (Å²) in [6.07, 6.45) is 9.28. The molecule has 0 saturated heterocycles. The molecule has 1 aliphatic rings. The highest BCUT2D eigenvalue weighted by Gasteiger charge is 2.43. The van der Waals surface area contributed by atoms with Crippen molar-refractivity contribution in [3.05, 3.63) is 12.7 Å². The first-order chi connectivity index (χ1) is 7.29. The minimum Gasteiger partial charge on any atom is -0.377 e. The summed E-state index contributed by atoms with van der Waals surface area (Å²) in [6.45, 7) is 6.97. The van der Waals surface area contributed by atoms with Gasteiger partial charge in [0.05, 0.1) is 5.60 Å². The SMILES string of the molecule is C=CCCCC(NCC)C1(OC)CCC1. The normalized spacial score (nSPS) is 20.7. The van der Waals surface area contributed by atoms with E-state index in [1.807, 2.05) is 13.2 Å². The molecule has 0 aliphatic heterocycles. The lowest BCUT2D eigenvalue weighted by Crippen LogP contribution is -2.56. The number of methoxy groups -OCH3 is 1. The van der Waals surface area contributed by atoms with Gasteiger partial charge in [-0.2, -0.15) is 0 Å². The summed E-state index contributed by atoms with van der Waals surface area (Å²) < 4.78 is 5.73. The molecule has 1 fully saturated rings. The van der Waals surface area contributed by atoms with Gasteiger partial charge in [0, 0.05) is 13.2 Å². The Bertz CT molecular complexity index is 181. The summed E-state index contributed by atoms with van der Waals surface area (Å²) in [5, 5.41) is 3.58. The Morgan fingerprint density at radius 1 is 1.53 bits per heavy atom. The lowest BCUT2D eigenvalue weighted by Gasteiger charge is -2.47. The van der Waals surface area contributed by atoms with Gasteiger partial charge in [0.25, 0.3) is 0 Å². The van der Waals surface area contributed by atoms with Crippen molar-refractivity contribution < 1.29 is 4.74 Å². The van der Waals surface area contributed by atoms with E-state index in [1.165, 1.54) is 32.1 Å². The standard InChI is InChI=1S/C13H25NO/c1-4-6-7-9-12(14-5-2)13(15-3)10-8-11-13/h4,12,14H,1,5-11H2,2-3H3. The van der Waals surface area contributed by atoms with Crippen LogP contribution in [0.15, 0.2) is 12.7 Å². The van der Waals surface area contributed by atoms with Crippen LogP contribution in [0.1, 0.15) is 45.4 Å². The van der Waals surface area contributed by atoms with Gasteiger partial charge in [-0.05, 0) is 45.1 Å². The van der Waals surface area contributed by atoms with Gasteiger partial charge in [-0.15, -0.1) is 6.58 Å². The number of ether oxygens (including phenoxy) is 1. The van der Waals surface area contributed by atoms with Gasteiger partial charge in [-0.1, -0.05) is 13.0 Å². The molecular weight excluding hydrogens is 186 g/mol. The van der Waals surface area contributed by atoms with Crippen molar-refractivity contribution in [2.75, 3.05) is 13.7 Å². The highest BCUT2D eigenvalue weighted by molar-refractivity contribution is 4.99. The number of unbranched alkanes of at least 4 members (excludes halogenated alkanes) is 1. The van der Waals surface area contributed by atoms with Gasteiger partial charge in [0.1, 0.15) is 0 Å². The molecule has 1 rings (SSSR count). The van der Waals surface area contributed by atoms with E-state index in [0.717, 1.165) is 13.0 Å². The number of hydrogen-bond acceptors (Lipinski definition) is 2. The molecule has 88 valence electrons. The fourth-order valence-electron chi connectivity index (χ4n) is 2.48. The molecule has 0 amide bonds. The monoisotopic (exact) mass is 211 g/mol. The highest BCUT2D eigenvalue weighted by atomic mass is 16.5. The summed E-state index contributed by atoms with van der Waals surface area (Å²) in [5.41, 5.74) is 0.136. The average Bonchev–Trinajstić information content (AvgIpc) is 2.17. The Balaban J connectivity index is 2.43. The van der Waals surface area contributed by atoms with Crippen molar-refractivity contribution in [1.82, 2.24) is 5.32 Å². The van der Waals surface area contributed by atoms with Crippen LogP contribution in [0.2, 0.25) is 0 Å². The largest absolute Gasteiger partial charge is 0.377 e. The predicted octanol–water partition coefficient (Wildman–Crippen LogP) is 2.89. The molecule has 1 aliphatic carbocycles. The molecule has 0 radical (unpaired) electrons. The Morgan fingerprint density at radius 2 is 2.27 bits per heavy atom. The van der Waals surface area contributed by atoms with Gasteiger partial charge in [0.2, 0.25) is 0 Å². The van der Waals surface area contributed by atoms with E-state index in [-0.39, 0.29) is 5.60 Å². The predicted molar refractivity (Wildman–Crippen MR) is 65.1 cm³/mol. The molecule has 1 saturated carbocycles. The van der Waals surface area contributed by atoms with Gasteiger partial charge in [0.15, 0.2) is 0 Å². The Morgan fingerprint density at radius 3 is 2.67 bits per heavy atom. The summed E-state index contributed by atoms with van der Waals surface area (Å²) in [7, 11) is 1.86. The lowest BCUT2D eigenvalue weighted by atomic mass is 9.73. The average molecular weight is 211 g/mol. The highest BCUT2D eigenvalue weighted by Crippen LogP contribution is 2.39. The number of nitrogens with one attached hydrogen (secondary N) is 1. The molecule has 0 aromatic carbocycles. The lowest BCUT2D eigenvalue weighted by molar-refractivity contribution is -0.0998. The third-order valence-electron chi connectivity index (χ3n) is 3.59. The summed E-state index contributed by atoms with van der Waals surface area (Å²) in [6, 6.07) is 0.529. The van der Waals surface area contributed by atoms with Gasteiger partial charge in [-0.25, -0.2) is 0 Å². The van der Waals surface area contributed by atoms with E-state index in [0.29, 0.717) is 6.04 Å². The van der Waals surface area contributed by atoms with Crippen LogP contribution >= 0.6 is 0 Å². The fraction of sp³-hybridized carbons (Fsp3) is 0.846. The van der Waals surface area contributed by atoms with Crippen molar-refractivity contribution in [2.45, 2.75) is 57.1 Å². The van der Waals surface area contributed by atoms with Crippen molar-refractivity contribution in [3.63, 3.8) is 0 Å². The van der Waals surface area contributed by atoms with E-state index >= 15 is 0 Å². The first-order valence-corrected chi connectivity index (χ1v) is 6.18. The topological polar surface area (TPSA) is 21.3 Å². The maximum absolute atomic E-state index is 5.73. The fourth-order valence-corrected chi connectivity index (χ4v) is 2.48. The molecule has 0 bridgehead atoms. The number of likely N-dealkylation sites (N-methyl/N-ethyl adjacent to an activating group) is 1. The number of hydrogen-bond donors (Lipinski definition) is 1. The first kappa shape index (κ1) is 12.7. The zero-order valence-electron chi connectivity index (χ0n) is 10.2. The first-order valence-electron chi connectivity index (χ1n) is 6.18. The summed E-state index contributed by atoms with van der Waals surface area (Å²) >= 11 is 0. The van der Waals surface area contributed by atoms with E-state index in [1.54, 1.807) is 0 Å². The third-order valence-corrected chi connectivity index (χ3v) is 3.59. The second kappa shape index (κ2) is 6.29.